The largest absolute Gasteiger partial charge is 0.322 e. The molecule has 1 aliphatic carbocycles. The van der Waals surface area contributed by atoms with Gasteiger partial charge in [-0.05, 0) is 86.9 Å². The number of carbonyl (C=O) groups is 1. The maximum atomic E-state index is 14.1. The van der Waals surface area contributed by atoms with Gasteiger partial charge in [0.2, 0.25) is 0 Å². The highest BCUT2D eigenvalue weighted by molar-refractivity contribution is 7.15. The van der Waals surface area contributed by atoms with Crippen molar-refractivity contribution in [3.05, 3.63) is 105 Å². The number of hydrogen-bond acceptors (Lipinski definition) is 2. The van der Waals surface area contributed by atoms with E-state index in [1.54, 1.807) is 0 Å². The van der Waals surface area contributed by atoms with Crippen molar-refractivity contribution in [2.45, 2.75) is 59.0 Å². The Kier molecular flexibility index (Phi) is 5.53. The summed E-state index contributed by atoms with van der Waals surface area (Å²) in [5, 5.41) is 4.55. The number of rotatable bonds is 2. The van der Waals surface area contributed by atoms with E-state index in [1.165, 1.54) is 39.4 Å². The van der Waals surface area contributed by atoms with Gasteiger partial charge in [-0.1, -0.05) is 42.0 Å². The van der Waals surface area contributed by atoms with Gasteiger partial charge in [0.05, 0.1) is 18.3 Å². The lowest BCUT2D eigenvalue weighted by molar-refractivity contribution is 0.194. The van der Waals surface area contributed by atoms with Crippen LogP contribution in [0.2, 0.25) is 0 Å². The third-order valence-corrected chi connectivity index (χ3v) is 8.80. The first-order valence-electron chi connectivity index (χ1n) is 12.5. The molecule has 0 saturated carbocycles. The number of nitrogens with zero attached hydrogens (tertiary/aromatic N) is 2. The second kappa shape index (κ2) is 8.72. The fraction of sp³-hybridized carbons (Fsp3) is 0.300. The Morgan fingerprint density at radius 2 is 1.71 bits per heavy atom. The molecule has 0 bridgehead atoms. The summed E-state index contributed by atoms with van der Waals surface area (Å²) < 4.78 is 2.34. The van der Waals surface area contributed by atoms with Gasteiger partial charge in [0.15, 0.2) is 0 Å². The number of benzene rings is 2. The quantitative estimate of drug-likeness (QED) is 0.317. The highest BCUT2D eigenvalue weighted by atomic mass is 32.1. The van der Waals surface area contributed by atoms with Crippen LogP contribution in [0.25, 0.3) is 5.00 Å². The van der Waals surface area contributed by atoms with Crippen molar-refractivity contribution in [1.29, 1.82) is 0 Å². The maximum absolute atomic E-state index is 14.1. The minimum absolute atomic E-state index is 0.0550. The lowest BCUT2D eigenvalue weighted by Gasteiger charge is -2.31. The predicted octanol–water partition coefficient (Wildman–Crippen LogP) is 7.48. The zero-order valence-corrected chi connectivity index (χ0v) is 21.4. The number of fused-ring (bicyclic) bond motifs is 5. The number of nitrogens with one attached hydrogen (secondary N) is 1. The summed E-state index contributed by atoms with van der Waals surface area (Å²) in [5.41, 5.74) is 9.39. The minimum atomic E-state index is -0.172. The lowest BCUT2D eigenvalue weighted by atomic mass is 9.95. The maximum Gasteiger partial charge on any atom is 0.322 e. The number of aromatic nitrogens is 1. The molecule has 1 atom stereocenters. The van der Waals surface area contributed by atoms with E-state index in [0.29, 0.717) is 6.54 Å². The minimum Gasteiger partial charge on any atom is -0.310 e. The van der Waals surface area contributed by atoms with Crippen LogP contribution in [0, 0.1) is 20.8 Å². The Morgan fingerprint density at radius 3 is 2.54 bits per heavy atom. The Bertz CT molecular complexity index is 1410. The molecule has 5 heteroatoms. The van der Waals surface area contributed by atoms with E-state index in [9.17, 15) is 4.79 Å². The van der Waals surface area contributed by atoms with Crippen molar-refractivity contribution in [3.63, 3.8) is 0 Å². The number of thiophene rings is 1. The molecule has 2 amide bonds. The normalized spacial score (nSPS) is 16.8. The Hall–Kier alpha value is -3.31. The van der Waals surface area contributed by atoms with Crippen LogP contribution < -0.4 is 5.32 Å². The van der Waals surface area contributed by atoms with E-state index >= 15 is 0 Å². The average Bonchev–Trinajstić information content (AvgIpc) is 3.44. The lowest BCUT2D eigenvalue weighted by Crippen LogP contribution is -2.38. The SMILES string of the molecule is Cc1ccc(C2c3cccn3-c3sc4c(c3CN2C(=O)Nc2cc(C)ccc2C)CCCC4)cc1. The summed E-state index contributed by atoms with van der Waals surface area (Å²) in [6.07, 6.45) is 6.92. The summed E-state index contributed by atoms with van der Waals surface area (Å²) in [7, 11) is 0. The fourth-order valence-corrected chi connectivity index (χ4v) is 6.95. The van der Waals surface area contributed by atoms with Gasteiger partial charge in [-0.15, -0.1) is 11.3 Å². The highest BCUT2D eigenvalue weighted by Crippen LogP contribution is 2.44. The first-order chi connectivity index (χ1) is 17.0. The van der Waals surface area contributed by atoms with Crippen LogP contribution in [-0.4, -0.2) is 15.5 Å². The van der Waals surface area contributed by atoms with Crippen molar-refractivity contribution in [2.24, 2.45) is 0 Å². The molecule has 2 aromatic carbocycles. The monoisotopic (exact) mass is 481 g/mol. The Balaban J connectivity index is 1.50. The number of amides is 2. The molecule has 178 valence electrons. The second-order valence-corrected chi connectivity index (χ2v) is 11.1. The van der Waals surface area contributed by atoms with Gasteiger partial charge in [0, 0.05) is 22.3 Å². The van der Waals surface area contributed by atoms with Crippen LogP contribution in [0.15, 0.2) is 60.8 Å². The first-order valence-corrected chi connectivity index (χ1v) is 13.3. The zero-order chi connectivity index (χ0) is 24.1. The number of urea groups is 1. The van der Waals surface area contributed by atoms with E-state index in [0.717, 1.165) is 40.9 Å². The second-order valence-electron chi connectivity index (χ2n) is 9.99. The Labute approximate surface area is 211 Å². The van der Waals surface area contributed by atoms with Gasteiger partial charge in [0.1, 0.15) is 5.00 Å². The van der Waals surface area contributed by atoms with Crippen LogP contribution >= 0.6 is 11.3 Å². The molecule has 1 aliphatic heterocycles. The summed E-state index contributed by atoms with van der Waals surface area (Å²) in [6, 6.07) is 18.9. The first kappa shape index (κ1) is 22.2. The number of carbonyl (C=O) groups excluding carboxylic acids is 1. The molecule has 6 rings (SSSR count). The van der Waals surface area contributed by atoms with Crippen molar-refractivity contribution < 1.29 is 4.79 Å². The van der Waals surface area contributed by atoms with E-state index < -0.39 is 0 Å². The molecule has 4 aromatic rings. The molecular formula is C30H31N3OS. The van der Waals surface area contributed by atoms with Crippen LogP contribution in [0.4, 0.5) is 10.5 Å². The van der Waals surface area contributed by atoms with Gasteiger partial charge < -0.3 is 14.8 Å². The molecule has 1 N–H and O–H groups in total. The van der Waals surface area contributed by atoms with Crippen LogP contribution in [0.1, 0.15) is 62.8 Å². The molecule has 4 nitrogen and oxygen atoms in total. The topological polar surface area (TPSA) is 37.3 Å². The average molecular weight is 482 g/mol. The molecule has 2 aliphatic rings. The van der Waals surface area contributed by atoms with Gasteiger partial charge in [-0.3, -0.25) is 0 Å². The van der Waals surface area contributed by atoms with Crippen molar-refractivity contribution in [1.82, 2.24) is 9.47 Å². The van der Waals surface area contributed by atoms with Gasteiger partial charge in [-0.25, -0.2) is 4.79 Å². The number of aryl methyl sites for hydroxylation is 4. The van der Waals surface area contributed by atoms with Crippen LogP contribution in [-0.2, 0) is 19.4 Å². The third kappa shape index (κ3) is 3.88. The molecule has 2 aromatic heterocycles. The van der Waals surface area contributed by atoms with Crippen molar-refractivity contribution >= 4 is 23.1 Å². The van der Waals surface area contributed by atoms with E-state index in [2.05, 4.69) is 84.5 Å². The molecule has 1 unspecified atom stereocenters. The standard InChI is InChI=1S/C30H31N3OS/c1-19-11-14-22(15-12-19)28-26-8-6-16-32(26)29-24(23-7-4-5-9-27(23)35-29)18-33(28)30(34)31-25-17-20(2)10-13-21(25)3/h6,8,10-17,28H,4-5,7,9,18H2,1-3H3,(H,31,34). The summed E-state index contributed by atoms with van der Waals surface area (Å²) >= 11 is 1.92. The molecule has 3 heterocycles. The summed E-state index contributed by atoms with van der Waals surface area (Å²) in [5.74, 6) is 0. The summed E-state index contributed by atoms with van der Waals surface area (Å²) in [4.78, 5) is 17.6. The summed E-state index contributed by atoms with van der Waals surface area (Å²) in [6.45, 7) is 6.83. The van der Waals surface area contributed by atoms with Gasteiger partial charge >= 0.3 is 6.03 Å². The van der Waals surface area contributed by atoms with Crippen molar-refractivity contribution in [3.8, 4) is 5.00 Å². The number of anilines is 1. The van der Waals surface area contributed by atoms with E-state index in [1.807, 2.05) is 23.2 Å². The van der Waals surface area contributed by atoms with Crippen LogP contribution in [0.3, 0.4) is 0 Å². The molecule has 0 spiro atoms. The smallest absolute Gasteiger partial charge is 0.310 e. The number of hydrogen-bond donors (Lipinski definition) is 1. The van der Waals surface area contributed by atoms with Gasteiger partial charge in [0.25, 0.3) is 0 Å². The van der Waals surface area contributed by atoms with Crippen LogP contribution in [0.5, 0.6) is 0 Å². The van der Waals surface area contributed by atoms with E-state index in [4.69, 9.17) is 0 Å². The molecule has 35 heavy (non-hydrogen) atoms. The highest BCUT2D eigenvalue weighted by Gasteiger charge is 2.36. The fourth-order valence-electron chi connectivity index (χ4n) is 5.54. The molecule has 0 saturated heterocycles. The molecular weight excluding hydrogens is 450 g/mol. The van der Waals surface area contributed by atoms with Gasteiger partial charge in [-0.2, -0.15) is 0 Å². The molecule has 0 radical (unpaired) electrons. The third-order valence-electron chi connectivity index (χ3n) is 7.47. The Morgan fingerprint density at radius 1 is 0.943 bits per heavy atom. The zero-order valence-electron chi connectivity index (χ0n) is 20.6. The predicted molar refractivity (Wildman–Crippen MR) is 144 cm³/mol. The molecule has 0 fully saturated rings. The van der Waals surface area contributed by atoms with Crippen molar-refractivity contribution in [2.75, 3.05) is 5.32 Å². The van der Waals surface area contributed by atoms with E-state index in [-0.39, 0.29) is 12.1 Å².